The summed E-state index contributed by atoms with van der Waals surface area (Å²) >= 11 is 1.57. The van der Waals surface area contributed by atoms with Crippen LogP contribution in [0.1, 0.15) is 34.7 Å². The van der Waals surface area contributed by atoms with Gasteiger partial charge in [-0.2, -0.15) is 5.26 Å². The van der Waals surface area contributed by atoms with Crippen LogP contribution >= 0.6 is 11.3 Å². The Morgan fingerprint density at radius 3 is 2.87 bits per heavy atom. The van der Waals surface area contributed by atoms with Gasteiger partial charge in [-0.05, 0) is 19.1 Å². The third-order valence-corrected chi connectivity index (χ3v) is 4.44. The van der Waals surface area contributed by atoms with Gasteiger partial charge in [0.2, 0.25) is 0 Å². The first-order chi connectivity index (χ1) is 11.0. The Morgan fingerprint density at radius 1 is 1.48 bits per heavy atom. The molecule has 0 radical (unpaired) electrons. The summed E-state index contributed by atoms with van der Waals surface area (Å²) in [4.78, 5) is 16.2. The third-order valence-electron chi connectivity index (χ3n) is 3.25. The molecule has 2 N–H and O–H groups in total. The topological polar surface area (TPSA) is 77.8 Å². The highest BCUT2D eigenvalue weighted by atomic mass is 32.1. The van der Waals surface area contributed by atoms with Gasteiger partial charge in [-0.25, -0.2) is 14.2 Å². The van der Waals surface area contributed by atoms with Crippen molar-refractivity contribution in [2.24, 2.45) is 0 Å². The maximum Gasteiger partial charge on any atom is 0.315 e. The number of carbonyl (C=O) groups is 1. The number of amides is 2. The number of urea groups is 1. The highest BCUT2D eigenvalue weighted by Crippen LogP contribution is 2.18. The average molecular weight is 332 g/mol. The van der Waals surface area contributed by atoms with E-state index in [0.717, 1.165) is 16.8 Å². The van der Waals surface area contributed by atoms with Crippen LogP contribution in [0.15, 0.2) is 23.6 Å². The Bertz CT molecular complexity index is 738. The molecule has 5 nitrogen and oxygen atoms in total. The van der Waals surface area contributed by atoms with Gasteiger partial charge in [0.05, 0.1) is 16.6 Å². The molecule has 1 aromatic carbocycles. The van der Waals surface area contributed by atoms with Crippen molar-refractivity contribution < 1.29 is 9.18 Å². The van der Waals surface area contributed by atoms with Gasteiger partial charge in [-0.15, -0.1) is 11.3 Å². The van der Waals surface area contributed by atoms with Crippen LogP contribution in [-0.4, -0.2) is 17.6 Å². The van der Waals surface area contributed by atoms with Crippen LogP contribution in [0, 0.1) is 24.1 Å². The van der Waals surface area contributed by atoms with Crippen LogP contribution in [0.5, 0.6) is 0 Å². The molecule has 7 heteroatoms. The van der Waals surface area contributed by atoms with E-state index in [0.29, 0.717) is 12.1 Å². The van der Waals surface area contributed by atoms with E-state index in [2.05, 4.69) is 15.6 Å². The van der Waals surface area contributed by atoms with Crippen molar-refractivity contribution >= 4 is 17.4 Å². The maximum absolute atomic E-state index is 13.7. The molecule has 0 bridgehead atoms. The van der Waals surface area contributed by atoms with Gasteiger partial charge in [0.1, 0.15) is 5.82 Å². The van der Waals surface area contributed by atoms with Crippen molar-refractivity contribution in [3.05, 3.63) is 51.2 Å². The van der Waals surface area contributed by atoms with E-state index in [4.69, 9.17) is 5.26 Å². The van der Waals surface area contributed by atoms with Crippen molar-refractivity contribution in [1.82, 2.24) is 15.6 Å². The summed E-state index contributed by atoms with van der Waals surface area (Å²) in [6.07, 6.45) is 0. The van der Waals surface area contributed by atoms with Gasteiger partial charge < -0.3 is 10.6 Å². The highest BCUT2D eigenvalue weighted by molar-refractivity contribution is 7.09. The number of aromatic nitrogens is 1. The summed E-state index contributed by atoms with van der Waals surface area (Å²) < 4.78 is 13.7. The van der Waals surface area contributed by atoms with E-state index in [1.54, 1.807) is 11.3 Å². The molecular weight excluding hydrogens is 315 g/mol. The summed E-state index contributed by atoms with van der Waals surface area (Å²) in [7, 11) is 0. The number of nitrogens with one attached hydrogen (secondary N) is 2. The minimum absolute atomic E-state index is 0.0636. The van der Waals surface area contributed by atoms with Gasteiger partial charge in [0.15, 0.2) is 0 Å². The molecule has 0 saturated heterocycles. The van der Waals surface area contributed by atoms with E-state index >= 15 is 0 Å². The number of halogens is 1. The molecule has 0 spiro atoms. The van der Waals surface area contributed by atoms with Gasteiger partial charge in [-0.3, -0.25) is 0 Å². The van der Waals surface area contributed by atoms with Crippen LogP contribution in [0.4, 0.5) is 9.18 Å². The zero-order valence-corrected chi connectivity index (χ0v) is 13.7. The molecule has 0 aliphatic carbocycles. The first-order valence-electron chi connectivity index (χ1n) is 7.12. The van der Waals surface area contributed by atoms with Crippen molar-refractivity contribution in [3.8, 4) is 6.07 Å². The van der Waals surface area contributed by atoms with Crippen LogP contribution < -0.4 is 10.6 Å². The average Bonchev–Trinajstić information content (AvgIpc) is 2.97. The van der Waals surface area contributed by atoms with Crippen molar-refractivity contribution in [2.75, 3.05) is 6.54 Å². The summed E-state index contributed by atoms with van der Waals surface area (Å²) in [5, 5.41) is 17.0. The zero-order valence-electron chi connectivity index (χ0n) is 12.9. The molecule has 2 aromatic rings. The lowest BCUT2D eigenvalue weighted by atomic mass is 10.1. The Hall–Kier alpha value is -2.46. The Balaban J connectivity index is 1.80. The van der Waals surface area contributed by atoms with E-state index < -0.39 is 5.82 Å². The second-order valence-corrected chi connectivity index (χ2v) is 6.10. The van der Waals surface area contributed by atoms with Crippen LogP contribution in [0.3, 0.4) is 0 Å². The Labute approximate surface area is 138 Å². The monoisotopic (exact) mass is 332 g/mol. The first-order valence-corrected chi connectivity index (χ1v) is 8.00. The van der Waals surface area contributed by atoms with E-state index in [9.17, 15) is 9.18 Å². The van der Waals surface area contributed by atoms with Crippen LogP contribution in [0.2, 0.25) is 0 Å². The number of rotatable bonds is 5. The molecule has 2 amide bonds. The summed E-state index contributed by atoms with van der Waals surface area (Å²) in [5.74, 6) is -0.387. The fourth-order valence-electron chi connectivity index (χ4n) is 1.93. The van der Waals surface area contributed by atoms with Gasteiger partial charge in [0, 0.05) is 35.6 Å². The van der Waals surface area contributed by atoms with Crippen LogP contribution in [-0.2, 0) is 6.54 Å². The number of aryl methyl sites for hydroxylation is 1. The predicted octanol–water partition coefficient (Wildman–Crippen LogP) is 3.07. The lowest BCUT2D eigenvalue weighted by Crippen LogP contribution is -2.37. The van der Waals surface area contributed by atoms with E-state index in [-0.39, 0.29) is 24.1 Å². The molecule has 1 aromatic heterocycles. The maximum atomic E-state index is 13.7. The van der Waals surface area contributed by atoms with Crippen molar-refractivity contribution in [3.63, 3.8) is 0 Å². The Kier molecular flexibility index (Phi) is 5.66. The highest BCUT2D eigenvalue weighted by Gasteiger charge is 2.11. The lowest BCUT2D eigenvalue weighted by molar-refractivity contribution is 0.240. The fourth-order valence-corrected chi connectivity index (χ4v) is 2.79. The van der Waals surface area contributed by atoms with Gasteiger partial charge in [0.25, 0.3) is 0 Å². The summed E-state index contributed by atoms with van der Waals surface area (Å²) in [5.41, 5.74) is 1.56. The number of hydrogen-bond donors (Lipinski definition) is 2. The molecule has 0 saturated carbocycles. The first kappa shape index (κ1) is 16.9. The molecule has 0 unspecified atom stereocenters. The largest absolute Gasteiger partial charge is 0.337 e. The molecule has 0 aliphatic rings. The number of benzene rings is 1. The third kappa shape index (κ3) is 4.76. The number of nitriles is 1. The number of hydrogen-bond acceptors (Lipinski definition) is 4. The fraction of sp³-hybridized carbons (Fsp3) is 0.312. The predicted molar refractivity (Wildman–Crippen MR) is 86.6 cm³/mol. The second kappa shape index (κ2) is 7.70. The summed E-state index contributed by atoms with van der Waals surface area (Å²) in [6.45, 7) is 4.43. The molecule has 120 valence electrons. The molecule has 2 rings (SSSR count). The minimum atomic E-state index is -0.504. The smallest absolute Gasteiger partial charge is 0.315 e. The minimum Gasteiger partial charge on any atom is -0.337 e. The molecule has 23 heavy (non-hydrogen) atoms. The number of thiazole rings is 1. The van der Waals surface area contributed by atoms with Crippen molar-refractivity contribution in [2.45, 2.75) is 26.3 Å². The van der Waals surface area contributed by atoms with Gasteiger partial charge in [-0.1, -0.05) is 13.0 Å². The standard InChI is InChI=1S/C16H17FN4OS/c1-10(15-21-11(2)9-23-15)7-19-16(22)20-8-13-4-3-12(6-18)5-14(13)17/h3-5,9-10H,7-8H2,1-2H3,(H2,19,20,22)/t10-/m0/s1. The molecule has 1 atom stereocenters. The SMILES string of the molecule is Cc1csc([C@@H](C)CNC(=O)NCc2ccc(C#N)cc2F)n1. The molecule has 1 heterocycles. The zero-order chi connectivity index (χ0) is 16.8. The quantitative estimate of drug-likeness (QED) is 0.883. The van der Waals surface area contributed by atoms with Gasteiger partial charge >= 0.3 is 6.03 Å². The normalized spacial score (nSPS) is 11.6. The van der Waals surface area contributed by atoms with Crippen LogP contribution in [0.25, 0.3) is 0 Å². The molecule has 0 aliphatic heterocycles. The number of carbonyl (C=O) groups excluding carboxylic acids is 1. The van der Waals surface area contributed by atoms with E-state index in [1.165, 1.54) is 12.1 Å². The second-order valence-electron chi connectivity index (χ2n) is 5.21. The Morgan fingerprint density at radius 2 is 2.26 bits per heavy atom. The van der Waals surface area contributed by atoms with Crippen molar-refractivity contribution in [1.29, 1.82) is 5.26 Å². The lowest BCUT2D eigenvalue weighted by Gasteiger charge is -2.11. The number of nitrogens with zero attached hydrogens (tertiary/aromatic N) is 2. The van der Waals surface area contributed by atoms with E-state index in [1.807, 2.05) is 25.3 Å². The molecular formula is C16H17FN4OS. The molecule has 0 fully saturated rings. The summed E-state index contributed by atoms with van der Waals surface area (Å²) in [6, 6.07) is 5.67.